The summed E-state index contributed by atoms with van der Waals surface area (Å²) in [7, 11) is 1.31. The Labute approximate surface area is 119 Å². The zero-order valence-corrected chi connectivity index (χ0v) is 12.5. The average molecular weight is 281 g/mol. The average Bonchev–Trinajstić information content (AvgIpc) is 2.79. The number of esters is 1. The zero-order chi connectivity index (χ0) is 14.8. The first-order valence-electron chi connectivity index (χ1n) is 7.23. The van der Waals surface area contributed by atoms with Crippen molar-refractivity contribution in [2.75, 3.05) is 13.7 Å². The van der Waals surface area contributed by atoms with Gasteiger partial charge in [-0.05, 0) is 39.5 Å². The number of ketones is 1. The summed E-state index contributed by atoms with van der Waals surface area (Å²) in [5.41, 5.74) is -0.118. The second-order valence-electron chi connectivity index (χ2n) is 6.32. The SMILES string of the molecule is COC(=O)CC(=O)C1CCC(C2=NC(C)(C)CO2)CC1. The second kappa shape index (κ2) is 5.94. The Bertz CT molecular complexity index is 420. The number of carbonyl (C=O) groups excluding carboxylic acids is 2. The summed E-state index contributed by atoms with van der Waals surface area (Å²) in [5, 5.41) is 0. The van der Waals surface area contributed by atoms with E-state index in [-0.39, 0.29) is 23.7 Å². The second-order valence-corrected chi connectivity index (χ2v) is 6.32. The van der Waals surface area contributed by atoms with Crippen molar-refractivity contribution in [1.82, 2.24) is 0 Å². The first-order chi connectivity index (χ1) is 9.41. The number of aliphatic imine (C=N–C) groups is 1. The van der Waals surface area contributed by atoms with Gasteiger partial charge in [-0.1, -0.05) is 0 Å². The molecule has 0 amide bonds. The highest BCUT2D eigenvalue weighted by atomic mass is 16.5. The topological polar surface area (TPSA) is 65.0 Å². The maximum absolute atomic E-state index is 11.9. The van der Waals surface area contributed by atoms with E-state index in [0.717, 1.165) is 31.6 Å². The van der Waals surface area contributed by atoms with Crippen molar-refractivity contribution in [3.63, 3.8) is 0 Å². The molecule has 0 aromatic rings. The Kier molecular flexibility index (Phi) is 4.45. The number of methoxy groups -OCH3 is 1. The fourth-order valence-corrected chi connectivity index (χ4v) is 2.84. The molecule has 0 radical (unpaired) electrons. The quantitative estimate of drug-likeness (QED) is 0.585. The number of ether oxygens (including phenoxy) is 2. The van der Waals surface area contributed by atoms with E-state index in [2.05, 4.69) is 23.6 Å². The Morgan fingerprint density at radius 2 is 1.95 bits per heavy atom. The summed E-state index contributed by atoms with van der Waals surface area (Å²) < 4.78 is 10.2. The summed E-state index contributed by atoms with van der Waals surface area (Å²) in [6, 6.07) is 0. The smallest absolute Gasteiger partial charge is 0.313 e. The first-order valence-corrected chi connectivity index (χ1v) is 7.23. The van der Waals surface area contributed by atoms with Gasteiger partial charge in [0.15, 0.2) is 5.90 Å². The van der Waals surface area contributed by atoms with Crippen molar-refractivity contribution in [3.8, 4) is 0 Å². The van der Waals surface area contributed by atoms with Crippen LogP contribution in [-0.4, -0.2) is 36.9 Å². The van der Waals surface area contributed by atoms with Crippen LogP contribution in [0, 0.1) is 11.8 Å². The molecule has 0 saturated heterocycles. The van der Waals surface area contributed by atoms with Crippen molar-refractivity contribution in [2.24, 2.45) is 16.8 Å². The van der Waals surface area contributed by atoms with Crippen LogP contribution in [0.15, 0.2) is 4.99 Å². The number of carbonyl (C=O) groups is 2. The van der Waals surface area contributed by atoms with E-state index in [1.165, 1.54) is 7.11 Å². The molecule has 0 aromatic carbocycles. The molecule has 5 heteroatoms. The third-order valence-corrected chi connectivity index (χ3v) is 4.06. The first kappa shape index (κ1) is 15.0. The summed E-state index contributed by atoms with van der Waals surface area (Å²) >= 11 is 0. The van der Waals surface area contributed by atoms with Gasteiger partial charge in [0, 0.05) is 11.8 Å². The van der Waals surface area contributed by atoms with Gasteiger partial charge in [-0.3, -0.25) is 9.59 Å². The van der Waals surface area contributed by atoms with Gasteiger partial charge in [0.05, 0.1) is 12.6 Å². The van der Waals surface area contributed by atoms with Crippen LogP contribution in [0.25, 0.3) is 0 Å². The minimum absolute atomic E-state index is 0.00455. The van der Waals surface area contributed by atoms with E-state index in [9.17, 15) is 9.59 Å². The minimum Gasteiger partial charge on any atom is -0.478 e. The van der Waals surface area contributed by atoms with Gasteiger partial charge in [0.2, 0.25) is 0 Å². The molecule has 1 heterocycles. The maximum Gasteiger partial charge on any atom is 0.313 e. The van der Waals surface area contributed by atoms with Gasteiger partial charge in [-0.2, -0.15) is 0 Å². The third kappa shape index (κ3) is 3.58. The van der Waals surface area contributed by atoms with Crippen molar-refractivity contribution in [3.05, 3.63) is 0 Å². The van der Waals surface area contributed by atoms with Gasteiger partial charge in [0.1, 0.15) is 18.8 Å². The molecule has 20 heavy (non-hydrogen) atoms. The van der Waals surface area contributed by atoms with E-state index in [0.29, 0.717) is 12.5 Å². The van der Waals surface area contributed by atoms with Crippen molar-refractivity contribution in [1.29, 1.82) is 0 Å². The molecule has 112 valence electrons. The number of nitrogens with zero attached hydrogens (tertiary/aromatic N) is 1. The third-order valence-electron chi connectivity index (χ3n) is 4.06. The molecular weight excluding hydrogens is 258 g/mol. The summed E-state index contributed by atoms with van der Waals surface area (Å²) in [5.74, 6) is 0.737. The summed E-state index contributed by atoms with van der Waals surface area (Å²) in [6.45, 7) is 4.76. The monoisotopic (exact) mass is 281 g/mol. The Morgan fingerprint density at radius 3 is 2.45 bits per heavy atom. The number of rotatable bonds is 4. The normalized spacial score (nSPS) is 28.4. The molecule has 1 fully saturated rings. The molecule has 0 atom stereocenters. The van der Waals surface area contributed by atoms with E-state index in [1.54, 1.807) is 0 Å². The maximum atomic E-state index is 11.9. The van der Waals surface area contributed by atoms with Crippen LogP contribution in [0.4, 0.5) is 0 Å². The summed E-state index contributed by atoms with van der Waals surface area (Å²) in [6.07, 6.45) is 3.34. The molecule has 5 nitrogen and oxygen atoms in total. The highest BCUT2D eigenvalue weighted by Crippen LogP contribution is 2.33. The number of hydrogen-bond donors (Lipinski definition) is 0. The lowest BCUT2D eigenvalue weighted by Gasteiger charge is -2.26. The van der Waals surface area contributed by atoms with Gasteiger partial charge in [-0.15, -0.1) is 0 Å². The number of Topliss-reactive ketones (excluding diaryl/α,β-unsaturated/α-hetero) is 1. The molecule has 0 aromatic heterocycles. The molecule has 2 rings (SSSR count). The highest BCUT2D eigenvalue weighted by Gasteiger charge is 2.35. The van der Waals surface area contributed by atoms with E-state index < -0.39 is 5.97 Å². The minimum atomic E-state index is -0.442. The lowest BCUT2D eigenvalue weighted by Crippen LogP contribution is -2.27. The van der Waals surface area contributed by atoms with Crippen LogP contribution in [0.3, 0.4) is 0 Å². The Balaban J connectivity index is 1.84. The lowest BCUT2D eigenvalue weighted by atomic mass is 9.79. The number of hydrogen-bond acceptors (Lipinski definition) is 5. The van der Waals surface area contributed by atoms with Crippen LogP contribution in [0.1, 0.15) is 46.0 Å². The summed E-state index contributed by atoms with van der Waals surface area (Å²) in [4.78, 5) is 27.7. The molecule has 1 saturated carbocycles. The van der Waals surface area contributed by atoms with Crippen LogP contribution in [0.2, 0.25) is 0 Å². The van der Waals surface area contributed by atoms with Crippen molar-refractivity contribution < 1.29 is 19.1 Å². The fraction of sp³-hybridized carbons (Fsp3) is 0.800. The molecule has 0 bridgehead atoms. The van der Waals surface area contributed by atoms with Crippen LogP contribution < -0.4 is 0 Å². The predicted octanol–water partition coefficient (Wildman–Crippen LogP) is 2.13. The van der Waals surface area contributed by atoms with Gasteiger partial charge in [0.25, 0.3) is 0 Å². The fourth-order valence-electron chi connectivity index (χ4n) is 2.84. The van der Waals surface area contributed by atoms with Gasteiger partial charge >= 0.3 is 5.97 Å². The van der Waals surface area contributed by atoms with Gasteiger partial charge in [-0.25, -0.2) is 4.99 Å². The van der Waals surface area contributed by atoms with E-state index in [4.69, 9.17) is 4.74 Å². The van der Waals surface area contributed by atoms with Gasteiger partial charge < -0.3 is 9.47 Å². The standard InChI is InChI=1S/C15H23NO4/c1-15(2)9-20-14(16-15)11-6-4-10(5-7-11)12(17)8-13(18)19-3/h10-11H,4-9H2,1-3H3. The predicted molar refractivity (Wildman–Crippen MR) is 74.6 cm³/mol. The lowest BCUT2D eigenvalue weighted by molar-refractivity contribution is -0.144. The van der Waals surface area contributed by atoms with E-state index in [1.807, 2.05) is 0 Å². The molecule has 0 unspecified atom stereocenters. The molecule has 1 aliphatic carbocycles. The molecular formula is C15H23NO4. The van der Waals surface area contributed by atoms with Crippen LogP contribution >= 0.6 is 0 Å². The van der Waals surface area contributed by atoms with Crippen molar-refractivity contribution in [2.45, 2.75) is 51.5 Å². The molecule has 2 aliphatic rings. The van der Waals surface area contributed by atoms with E-state index >= 15 is 0 Å². The molecule has 1 aliphatic heterocycles. The zero-order valence-electron chi connectivity index (χ0n) is 12.5. The van der Waals surface area contributed by atoms with Crippen LogP contribution in [-0.2, 0) is 19.1 Å². The van der Waals surface area contributed by atoms with Crippen LogP contribution in [0.5, 0.6) is 0 Å². The highest BCUT2D eigenvalue weighted by molar-refractivity contribution is 5.96. The largest absolute Gasteiger partial charge is 0.478 e. The Morgan fingerprint density at radius 1 is 1.30 bits per heavy atom. The molecule has 0 N–H and O–H groups in total. The van der Waals surface area contributed by atoms with Crippen molar-refractivity contribution >= 4 is 17.7 Å². The Hall–Kier alpha value is -1.39. The molecule has 0 spiro atoms.